The van der Waals surface area contributed by atoms with Gasteiger partial charge in [-0.2, -0.15) is 0 Å². The van der Waals surface area contributed by atoms with E-state index in [1.54, 1.807) is 30.3 Å². The van der Waals surface area contributed by atoms with Crippen molar-refractivity contribution in [2.75, 3.05) is 14.2 Å². The van der Waals surface area contributed by atoms with Crippen LogP contribution < -0.4 is 14.8 Å². The van der Waals surface area contributed by atoms with Crippen LogP contribution in [0.3, 0.4) is 0 Å². The first-order valence-corrected chi connectivity index (χ1v) is 7.22. The minimum atomic E-state index is -0.269. The number of amides is 1. The molecule has 0 saturated carbocycles. The van der Waals surface area contributed by atoms with Crippen LogP contribution in [0.4, 0.5) is 0 Å². The summed E-state index contributed by atoms with van der Waals surface area (Å²) < 4.78 is 10.0. The van der Waals surface area contributed by atoms with E-state index in [1.807, 2.05) is 0 Å². The van der Waals surface area contributed by atoms with Crippen molar-refractivity contribution in [2.24, 2.45) is 0 Å². The highest BCUT2D eigenvalue weighted by molar-refractivity contribution is 5.91. The fraction of sp³-hybridized carbons (Fsp3) is 0.167. The van der Waals surface area contributed by atoms with E-state index in [9.17, 15) is 15.0 Å². The molecular formula is C18H19NO5. The summed E-state index contributed by atoms with van der Waals surface area (Å²) in [7, 11) is 2.92. The van der Waals surface area contributed by atoms with Crippen LogP contribution in [0.5, 0.6) is 23.0 Å². The number of rotatable bonds is 6. The summed E-state index contributed by atoms with van der Waals surface area (Å²) in [6, 6.07) is 9.67. The fourth-order valence-electron chi connectivity index (χ4n) is 2.05. The largest absolute Gasteiger partial charge is 0.504 e. The molecule has 2 rings (SSSR count). The van der Waals surface area contributed by atoms with Gasteiger partial charge in [-0.15, -0.1) is 0 Å². The molecule has 0 aliphatic rings. The zero-order valence-electron chi connectivity index (χ0n) is 13.4. The second-order valence-electron chi connectivity index (χ2n) is 4.99. The van der Waals surface area contributed by atoms with Gasteiger partial charge in [-0.25, -0.2) is 0 Å². The highest BCUT2D eigenvalue weighted by Crippen LogP contribution is 2.27. The van der Waals surface area contributed by atoms with Gasteiger partial charge in [0, 0.05) is 12.6 Å². The third-order valence-electron chi connectivity index (χ3n) is 3.34. The number of aromatic hydroxyl groups is 2. The lowest BCUT2D eigenvalue weighted by Gasteiger charge is -2.07. The molecular weight excluding hydrogens is 310 g/mol. The van der Waals surface area contributed by atoms with Gasteiger partial charge < -0.3 is 25.0 Å². The SMILES string of the molecule is COc1cc(C=CC(=O)NCc2ccc(O)c(OC)c2)ccc1O. The van der Waals surface area contributed by atoms with Gasteiger partial charge in [0.15, 0.2) is 23.0 Å². The predicted octanol–water partition coefficient (Wildman–Crippen LogP) is 2.44. The molecule has 0 radical (unpaired) electrons. The van der Waals surface area contributed by atoms with Gasteiger partial charge in [-0.1, -0.05) is 12.1 Å². The van der Waals surface area contributed by atoms with Crippen molar-refractivity contribution in [3.63, 3.8) is 0 Å². The van der Waals surface area contributed by atoms with Crippen LogP contribution in [-0.2, 0) is 11.3 Å². The molecule has 1 amide bonds. The maximum Gasteiger partial charge on any atom is 0.244 e. The Hall–Kier alpha value is -3.15. The van der Waals surface area contributed by atoms with Crippen molar-refractivity contribution in [2.45, 2.75) is 6.54 Å². The minimum absolute atomic E-state index is 0.0420. The van der Waals surface area contributed by atoms with Crippen LogP contribution >= 0.6 is 0 Å². The van der Waals surface area contributed by atoms with E-state index in [0.29, 0.717) is 18.0 Å². The molecule has 0 atom stereocenters. The first-order valence-electron chi connectivity index (χ1n) is 7.22. The number of hydrogen-bond acceptors (Lipinski definition) is 5. The van der Waals surface area contributed by atoms with Crippen LogP contribution in [0.15, 0.2) is 42.5 Å². The summed E-state index contributed by atoms with van der Waals surface area (Å²) in [5, 5.41) is 21.8. The Morgan fingerprint density at radius 3 is 2.33 bits per heavy atom. The maximum atomic E-state index is 11.9. The molecule has 3 N–H and O–H groups in total. The van der Waals surface area contributed by atoms with E-state index in [1.165, 1.54) is 32.4 Å². The van der Waals surface area contributed by atoms with Crippen LogP contribution in [0.1, 0.15) is 11.1 Å². The maximum absolute atomic E-state index is 11.9. The van der Waals surface area contributed by atoms with Gasteiger partial charge in [-0.3, -0.25) is 4.79 Å². The molecule has 0 saturated heterocycles. The van der Waals surface area contributed by atoms with Gasteiger partial charge in [0.1, 0.15) is 0 Å². The summed E-state index contributed by atoms with van der Waals surface area (Å²) in [4.78, 5) is 11.9. The van der Waals surface area contributed by atoms with Crippen molar-refractivity contribution < 1.29 is 24.5 Å². The Morgan fingerprint density at radius 1 is 1.04 bits per heavy atom. The van der Waals surface area contributed by atoms with E-state index >= 15 is 0 Å². The number of methoxy groups -OCH3 is 2. The molecule has 0 aliphatic heterocycles. The second-order valence-corrected chi connectivity index (χ2v) is 4.99. The standard InChI is InChI=1S/C18H19NO5/c1-23-16-9-12(3-6-14(16)20)5-8-18(22)19-11-13-4-7-15(21)17(10-13)24-2/h3-10,20-21H,11H2,1-2H3,(H,19,22). The second kappa shape index (κ2) is 7.92. The summed E-state index contributed by atoms with van der Waals surface area (Å²) in [5.41, 5.74) is 1.53. The summed E-state index contributed by atoms with van der Waals surface area (Å²) in [6.07, 6.45) is 3.01. The van der Waals surface area contributed by atoms with E-state index < -0.39 is 0 Å². The molecule has 0 heterocycles. The smallest absolute Gasteiger partial charge is 0.244 e. The number of ether oxygens (including phenoxy) is 2. The summed E-state index contributed by atoms with van der Waals surface area (Å²) in [6.45, 7) is 0.304. The molecule has 6 nitrogen and oxygen atoms in total. The Kier molecular flexibility index (Phi) is 5.68. The predicted molar refractivity (Wildman–Crippen MR) is 90.2 cm³/mol. The lowest BCUT2D eigenvalue weighted by molar-refractivity contribution is -0.116. The van der Waals surface area contributed by atoms with Crippen LogP contribution in [-0.4, -0.2) is 30.3 Å². The summed E-state index contributed by atoms with van der Waals surface area (Å²) >= 11 is 0. The van der Waals surface area contributed by atoms with Gasteiger partial charge >= 0.3 is 0 Å². The molecule has 0 aromatic heterocycles. The van der Waals surface area contributed by atoms with Crippen LogP contribution in [0, 0.1) is 0 Å². The monoisotopic (exact) mass is 329 g/mol. The van der Waals surface area contributed by atoms with Crippen LogP contribution in [0.2, 0.25) is 0 Å². The Morgan fingerprint density at radius 2 is 1.67 bits per heavy atom. The molecule has 0 unspecified atom stereocenters. The number of phenolic OH excluding ortho intramolecular Hbond substituents is 2. The lowest BCUT2D eigenvalue weighted by atomic mass is 10.2. The molecule has 2 aromatic rings. The van der Waals surface area contributed by atoms with E-state index in [-0.39, 0.29) is 17.4 Å². The fourth-order valence-corrected chi connectivity index (χ4v) is 2.05. The molecule has 0 fully saturated rings. The molecule has 6 heteroatoms. The molecule has 0 aliphatic carbocycles. The van der Waals surface area contributed by atoms with E-state index in [0.717, 1.165) is 11.1 Å². The van der Waals surface area contributed by atoms with Crippen molar-refractivity contribution >= 4 is 12.0 Å². The molecule has 0 spiro atoms. The summed E-state index contributed by atoms with van der Waals surface area (Å²) in [5.74, 6) is 0.519. The average Bonchev–Trinajstić information content (AvgIpc) is 2.60. The quantitative estimate of drug-likeness (QED) is 0.709. The van der Waals surface area contributed by atoms with Crippen molar-refractivity contribution in [1.82, 2.24) is 5.32 Å². The number of nitrogens with one attached hydrogen (secondary N) is 1. The van der Waals surface area contributed by atoms with Crippen molar-refractivity contribution in [3.05, 3.63) is 53.6 Å². The van der Waals surface area contributed by atoms with Crippen molar-refractivity contribution in [3.8, 4) is 23.0 Å². The minimum Gasteiger partial charge on any atom is -0.504 e. The highest BCUT2D eigenvalue weighted by Gasteiger charge is 2.04. The number of carbonyl (C=O) groups excluding carboxylic acids is 1. The van der Waals surface area contributed by atoms with Gasteiger partial charge in [-0.05, 0) is 41.5 Å². The third kappa shape index (κ3) is 4.42. The third-order valence-corrected chi connectivity index (χ3v) is 3.34. The molecule has 0 bridgehead atoms. The van der Waals surface area contributed by atoms with Gasteiger partial charge in [0.05, 0.1) is 14.2 Å². The first-order chi connectivity index (χ1) is 11.5. The number of benzene rings is 2. The Labute approximate surface area is 140 Å². The van der Waals surface area contributed by atoms with Crippen LogP contribution in [0.25, 0.3) is 6.08 Å². The zero-order chi connectivity index (χ0) is 17.5. The van der Waals surface area contributed by atoms with E-state index in [2.05, 4.69) is 5.32 Å². The Balaban J connectivity index is 1.96. The highest BCUT2D eigenvalue weighted by atomic mass is 16.5. The zero-order valence-corrected chi connectivity index (χ0v) is 13.4. The molecule has 24 heavy (non-hydrogen) atoms. The topological polar surface area (TPSA) is 88.0 Å². The number of hydrogen-bond donors (Lipinski definition) is 3. The molecule has 126 valence electrons. The number of phenols is 2. The molecule has 2 aromatic carbocycles. The number of carbonyl (C=O) groups is 1. The Bertz CT molecular complexity index is 755. The lowest BCUT2D eigenvalue weighted by Crippen LogP contribution is -2.20. The van der Waals surface area contributed by atoms with Gasteiger partial charge in [0.2, 0.25) is 5.91 Å². The normalized spacial score (nSPS) is 10.6. The average molecular weight is 329 g/mol. The first kappa shape index (κ1) is 17.2. The van der Waals surface area contributed by atoms with Crippen molar-refractivity contribution in [1.29, 1.82) is 0 Å². The van der Waals surface area contributed by atoms with Gasteiger partial charge in [0.25, 0.3) is 0 Å². The van der Waals surface area contributed by atoms with E-state index in [4.69, 9.17) is 9.47 Å².